The zero-order valence-corrected chi connectivity index (χ0v) is 15.4. The van der Waals surface area contributed by atoms with Gasteiger partial charge >= 0.3 is 0 Å². The Bertz CT molecular complexity index is 827. The number of rotatable bonds is 2. The molecule has 0 fully saturated rings. The molecule has 0 saturated carbocycles. The van der Waals surface area contributed by atoms with Crippen LogP contribution in [-0.4, -0.2) is 42.4 Å². The van der Waals surface area contributed by atoms with E-state index in [1.165, 1.54) is 5.56 Å². The highest BCUT2D eigenvalue weighted by molar-refractivity contribution is 6.24. The van der Waals surface area contributed by atoms with Crippen LogP contribution in [0.3, 0.4) is 0 Å². The molecule has 0 spiro atoms. The summed E-state index contributed by atoms with van der Waals surface area (Å²) in [6.07, 6.45) is 3.12. The third-order valence-electron chi connectivity index (χ3n) is 5.92. The third-order valence-corrected chi connectivity index (χ3v) is 5.92. The van der Waals surface area contributed by atoms with Gasteiger partial charge in [0.1, 0.15) is 0 Å². The average Bonchev–Trinajstić information content (AvgIpc) is 2.67. The number of hydrogen-bond donors (Lipinski definition) is 1. The van der Waals surface area contributed by atoms with E-state index >= 15 is 0 Å². The van der Waals surface area contributed by atoms with Crippen LogP contribution in [0.15, 0.2) is 28.6 Å². The Morgan fingerprint density at radius 1 is 1.15 bits per heavy atom. The van der Waals surface area contributed by atoms with E-state index in [1.54, 1.807) is 14.2 Å². The summed E-state index contributed by atoms with van der Waals surface area (Å²) in [7, 11) is 3.28. The highest BCUT2D eigenvalue weighted by atomic mass is 16.5. The van der Waals surface area contributed by atoms with E-state index in [0.717, 1.165) is 42.8 Å². The van der Waals surface area contributed by atoms with Crippen LogP contribution in [0.25, 0.3) is 0 Å². The molecule has 1 aliphatic carbocycles. The van der Waals surface area contributed by atoms with Gasteiger partial charge in [-0.25, -0.2) is 0 Å². The van der Waals surface area contributed by atoms with Gasteiger partial charge in [-0.3, -0.25) is 4.79 Å². The summed E-state index contributed by atoms with van der Waals surface area (Å²) in [5.74, 6) is 1.44. The first-order valence-corrected chi connectivity index (χ1v) is 9.10. The van der Waals surface area contributed by atoms with Crippen molar-refractivity contribution in [2.75, 3.05) is 20.8 Å². The lowest BCUT2D eigenvalue weighted by molar-refractivity contribution is -0.116. The second-order valence-electron chi connectivity index (χ2n) is 7.17. The number of ether oxygens (including phenoxy) is 2. The van der Waals surface area contributed by atoms with Gasteiger partial charge in [0.05, 0.1) is 31.5 Å². The molecule has 2 atom stereocenters. The van der Waals surface area contributed by atoms with Gasteiger partial charge < -0.3 is 19.6 Å². The number of allylic oxidation sites excluding steroid dienone is 2. The Kier molecular flexibility index (Phi) is 4.13. The number of hydrogen-bond acceptors (Lipinski definition) is 6. The summed E-state index contributed by atoms with van der Waals surface area (Å²) in [6, 6.07) is 4.12. The van der Waals surface area contributed by atoms with Crippen molar-refractivity contribution >= 4 is 11.5 Å². The van der Waals surface area contributed by atoms with E-state index in [0.29, 0.717) is 23.5 Å². The summed E-state index contributed by atoms with van der Waals surface area (Å²) >= 11 is 0. The van der Waals surface area contributed by atoms with Gasteiger partial charge in [0.15, 0.2) is 17.3 Å². The molecule has 0 amide bonds. The van der Waals surface area contributed by atoms with Crippen molar-refractivity contribution in [3.8, 4) is 11.5 Å². The molecule has 138 valence electrons. The minimum absolute atomic E-state index is 0.0362. The van der Waals surface area contributed by atoms with Crippen LogP contribution in [0.4, 0.5) is 0 Å². The van der Waals surface area contributed by atoms with E-state index in [1.807, 2.05) is 19.1 Å². The largest absolute Gasteiger partial charge is 0.493 e. The van der Waals surface area contributed by atoms with Crippen molar-refractivity contribution in [1.82, 2.24) is 4.90 Å². The van der Waals surface area contributed by atoms with Crippen molar-refractivity contribution in [3.05, 3.63) is 34.5 Å². The van der Waals surface area contributed by atoms with E-state index in [9.17, 15) is 10.0 Å². The average molecular weight is 356 g/mol. The molecule has 2 unspecified atom stereocenters. The standard InChI is InChI=1S/C20H24N2O4/c1-11-19(21-24)18-14(5-4-6-15(18)23)22-8-7-12-9-16(25-2)17(26-3)10-13(12)20(11)22/h9-11,20,24H,4-8H2,1-3H3. The molecule has 0 bridgehead atoms. The molecule has 6 nitrogen and oxygen atoms in total. The number of oxime groups is 1. The summed E-state index contributed by atoms with van der Waals surface area (Å²) in [5, 5.41) is 13.2. The predicted octanol–water partition coefficient (Wildman–Crippen LogP) is 3.09. The molecule has 0 aromatic heterocycles. The molecule has 1 N–H and O–H groups in total. The number of nitrogens with zero attached hydrogens (tertiary/aromatic N) is 2. The second kappa shape index (κ2) is 6.34. The number of fused-ring (bicyclic) bond motifs is 4. The molecule has 1 aromatic carbocycles. The monoisotopic (exact) mass is 356 g/mol. The first-order chi connectivity index (χ1) is 12.6. The van der Waals surface area contributed by atoms with E-state index in [4.69, 9.17) is 9.47 Å². The molecular weight excluding hydrogens is 332 g/mol. The van der Waals surface area contributed by atoms with Crippen molar-refractivity contribution in [3.63, 3.8) is 0 Å². The van der Waals surface area contributed by atoms with Crippen LogP contribution < -0.4 is 9.47 Å². The normalized spacial score (nSPS) is 26.3. The fourth-order valence-corrected chi connectivity index (χ4v) is 4.74. The lowest BCUT2D eigenvalue weighted by Gasteiger charge is -2.48. The quantitative estimate of drug-likeness (QED) is 0.651. The zero-order chi connectivity index (χ0) is 18.4. The summed E-state index contributed by atoms with van der Waals surface area (Å²) in [5.41, 5.74) is 4.59. The first-order valence-electron chi connectivity index (χ1n) is 9.10. The molecule has 3 aliphatic rings. The molecule has 0 saturated heterocycles. The number of carbonyl (C=O) groups is 1. The fourth-order valence-electron chi connectivity index (χ4n) is 4.74. The van der Waals surface area contributed by atoms with Crippen LogP contribution in [0, 0.1) is 5.92 Å². The lowest BCUT2D eigenvalue weighted by Crippen LogP contribution is -2.47. The fraction of sp³-hybridized carbons (Fsp3) is 0.500. The lowest BCUT2D eigenvalue weighted by atomic mass is 9.74. The van der Waals surface area contributed by atoms with Gasteiger partial charge in [-0.05, 0) is 42.5 Å². The minimum Gasteiger partial charge on any atom is -0.493 e. The zero-order valence-electron chi connectivity index (χ0n) is 15.4. The minimum atomic E-state index is -0.0852. The molecule has 0 radical (unpaired) electrons. The Hall–Kier alpha value is -2.50. The maximum absolute atomic E-state index is 12.5. The van der Waals surface area contributed by atoms with Crippen LogP contribution in [0.2, 0.25) is 0 Å². The van der Waals surface area contributed by atoms with Crippen LogP contribution >= 0.6 is 0 Å². The van der Waals surface area contributed by atoms with E-state index in [2.05, 4.69) is 10.1 Å². The smallest absolute Gasteiger partial charge is 0.166 e. The number of Topliss-reactive ketones (excluding diaryl/α,β-unsaturated/α-hetero) is 1. The van der Waals surface area contributed by atoms with E-state index in [-0.39, 0.29) is 17.7 Å². The molecule has 2 heterocycles. The number of methoxy groups -OCH3 is 2. The molecular formula is C20H24N2O4. The van der Waals surface area contributed by atoms with Gasteiger partial charge in [0.25, 0.3) is 0 Å². The molecule has 6 heteroatoms. The SMILES string of the molecule is COc1cc2c(cc1OC)C1C(C)C(=NO)C3=C(CCCC3=O)N1CC2. The maximum Gasteiger partial charge on any atom is 0.166 e. The summed E-state index contributed by atoms with van der Waals surface area (Å²) in [6.45, 7) is 2.88. The number of benzene rings is 1. The van der Waals surface area contributed by atoms with Crippen molar-refractivity contribution in [2.45, 2.75) is 38.6 Å². The summed E-state index contributed by atoms with van der Waals surface area (Å²) in [4.78, 5) is 14.9. The van der Waals surface area contributed by atoms with Gasteiger partial charge in [-0.2, -0.15) is 0 Å². The van der Waals surface area contributed by atoms with Gasteiger partial charge in [0, 0.05) is 24.6 Å². The van der Waals surface area contributed by atoms with Crippen LogP contribution in [-0.2, 0) is 11.2 Å². The van der Waals surface area contributed by atoms with E-state index < -0.39 is 0 Å². The van der Waals surface area contributed by atoms with Crippen LogP contribution in [0.5, 0.6) is 11.5 Å². The third kappa shape index (κ3) is 2.31. The van der Waals surface area contributed by atoms with Crippen molar-refractivity contribution in [1.29, 1.82) is 0 Å². The first kappa shape index (κ1) is 16.9. The predicted molar refractivity (Wildman–Crippen MR) is 97.0 cm³/mol. The Morgan fingerprint density at radius 3 is 2.58 bits per heavy atom. The second-order valence-corrected chi connectivity index (χ2v) is 7.17. The van der Waals surface area contributed by atoms with Crippen molar-refractivity contribution < 1.29 is 19.5 Å². The Labute approximate surface area is 153 Å². The van der Waals surface area contributed by atoms with Crippen LogP contribution in [0.1, 0.15) is 43.4 Å². The number of ketones is 1. The number of carbonyl (C=O) groups excluding carboxylic acids is 1. The Balaban J connectivity index is 1.89. The van der Waals surface area contributed by atoms with Gasteiger partial charge in [-0.15, -0.1) is 0 Å². The highest BCUT2D eigenvalue weighted by Gasteiger charge is 2.44. The van der Waals surface area contributed by atoms with Crippen molar-refractivity contribution in [2.24, 2.45) is 11.1 Å². The molecule has 1 aromatic rings. The Morgan fingerprint density at radius 2 is 1.88 bits per heavy atom. The summed E-state index contributed by atoms with van der Waals surface area (Å²) < 4.78 is 11.0. The molecule has 4 rings (SSSR count). The molecule has 26 heavy (non-hydrogen) atoms. The maximum atomic E-state index is 12.5. The molecule has 2 aliphatic heterocycles. The van der Waals surface area contributed by atoms with Gasteiger partial charge in [0.2, 0.25) is 0 Å². The topological polar surface area (TPSA) is 71.4 Å². The van der Waals surface area contributed by atoms with Gasteiger partial charge in [-0.1, -0.05) is 12.1 Å². The highest BCUT2D eigenvalue weighted by Crippen LogP contribution is 2.48.